The van der Waals surface area contributed by atoms with Gasteiger partial charge in [-0.2, -0.15) is 0 Å². The molecule has 0 unspecified atom stereocenters. The number of aliphatic hydroxyl groups excluding tert-OH is 1. The fraction of sp³-hybridized carbons (Fsp3) is 0.652. The van der Waals surface area contributed by atoms with E-state index in [4.69, 9.17) is 4.74 Å². The molecule has 0 bridgehead atoms. The molecule has 5 nitrogen and oxygen atoms in total. The van der Waals surface area contributed by atoms with Gasteiger partial charge in [-0.05, 0) is 25.3 Å². The number of benzene rings is 1. The Morgan fingerprint density at radius 1 is 1.04 bits per heavy atom. The molecule has 1 rings (SSSR count). The Balaban J connectivity index is 2.40. The van der Waals surface area contributed by atoms with Crippen molar-refractivity contribution < 1.29 is 19.4 Å². The van der Waals surface area contributed by atoms with E-state index in [9.17, 15) is 14.7 Å². The molecule has 0 spiro atoms. The van der Waals surface area contributed by atoms with Crippen LogP contribution in [-0.2, 0) is 16.1 Å². The Morgan fingerprint density at radius 3 is 2.32 bits per heavy atom. The number of aliphatic hydroxyl groups is 1. The molecule has 0 aliphatic heterocycles. The molecule has 2 N–H and O–H groups in total. The molecule has 0 radical (unpaired) electrons. The normalized spacial score (nSPS) is 13.0. The van der Waals surface area contributed by atoms with Crippen molar-refractivity contribution in [3.63, 3.8) is 0 Å². The summed E-state index contributed by atoms with van der Waals surface area (Å²) in [5, 5.41) is 13.0. The Kier molecular flexibility index (Phi) is 13.0. The van der Waals surface area contributed by atoms with Gasteiger partial charge in [-0.3, -0.25) is 4.79 Å². The van der Waals surface area contributed by atoms with Crippen molar-refractivity contribution in [2.24, 2.45) is 0 Å². The molecular formula is C23H37NO4. The third-order valence-corrected chi connectivity index (χ3v) is 4.77. The highest BCUT2D eigenvalue weighted by atomic mass is 16.5. The van der Waals surface area contributed by atoms with Gasteiger partial charge in [0, 0.05) is 12.5 Å². The van der Waals surface area contributed by atoms with Crippen molar-refractivity contribution in [2.75, 3.05) is 0 Å². The van der Waals surface area contributed by atoms with Gasteiger partial charge in [0.1, 0.15) is 12.4 Å². The molecule has 0 aliphatic carbocycles. The van der Waals surface area contributed by atoms with E-state index in [2.05, 4.69) is 12.2 Å². The highest BCUT2D eigenvalue weighted by Gasteiger charge is 2.18. The van der Waals surface area contributed by atoms with Crippen LogP contribution in [0.25, 0.3) is 0 Å². The molecule has 28 heavy (non-hydrogen) atoms. The van der Waals surface area contributed by atoms with Gasteiger partial charge in [0.15, 0.2) is 0 Å². The van der Waals surface area contributed by atoms with E-state index < -0.39 is 12.2 Å². The first-order valence-electron chi connectivity index (χ1n) is 10.7. The smallest absolute Gasteiger partial charge is 0.407 e. The predicted molar refractivity (Wildman–Crippen MR) is 112 cm³/mol. The number of rotatable bonds is 15. The molecule has 0 aliphatic rings. The van der Waals surface area contributed by atoms with Crippen molar-refractivity contribution in [3.8, 4) is 0 Å². The highest BCUT2D eigenvalue weighted by molar-refractivity contribution is 5.75. The number of carbonyl (C=O) groups excluding carboxylic acids is 2. The summed E-state index contributed by atoms with van der Waals surface area (Å²) in [5.74, 6) is -0.0474. The molecule has 158 valence electrons. The Hall–Kier alpha value is -1.88. The second-order valence-corrected chi connectivity index (χ2v) is 7.61. The van der Waals surface area contributed by atoms with Gasteiger partial charge in [-0.15, -0.1) is 0 Å². The zero-order chi connectivity index (χ0) is 20.6. The van der Waals surface area contributed by atoms with Gasteiger partial charge >= 0.3 is 6.09 Å². The molecule has 0 saturated carbocycles. The van der Waals surface area contributed by atoms with Crippen LogP contribution in [0, 0.1) is 0 Å². The van der Waals surface area contributed by atoms with Crippen LogP contribution in [0.5, 0.6) is 0 Å². The second kappa shape index (κ2) is 15.1. The molecule has 0 saturated heterocycles. The largest absolute Gasteiger partial charge is 0.445 e. The van der Waals surface area contributed by atoms with Crippen LogP contribution in [0.3, 0.4) is 0 Å². The number of ketones is 1. The van der Waals surface area contributed by atoms with E-state index in [-0.39, 0.29) is 24.9 Å². The summed E-state index contributed by atoms with van der Waals surface area (Å²) in [6, 6.07) is 9.34. The Labute approximate surface area is 169 Å². The van der Waals surface area contributed by atoms with Crippen molar-refractivity contribution >= 4 is 11.9 Å². The summed E-state index contributed by atoms with van der Waals surface area (Å²) >= 11 is 0. The number of hydrogen-bond acceptors (Lipinski definition) is 4. The first-order chi connectivity index (χ1) is 13.5. The van der Waals surface area contributed by atoms with Crippen molar-refractivity contribution in [1.29, 1.82) is 0 Å². The van der Waals surface area contributed by atoms with E-state index in [1.54, 1.807) is 0 Å². The van der Waals surface area contributed by atoms with Gasteiger partial charge in [-0.1, -0.05) is 82.2 Å². The van der Waals surface area contributed by atoms with E-state index in [1.807, 2.05) is 30.3 Å². The molecule has 0 fully saturated rings. The molecule has 5 heteroatoms. The van der Waals surface area contributed by atoms with Crippen LogP contribution in [0.2, 0.25) is 0 Å². The van der Waals surface area contributed by atoms with Crippen LogP contribution in [0.15, 0.2) is 30.3 Å². The number of alkyl carbamates (subject to hydrolysis) is 1. The lowest BCUT2D eigenvalue weighted by Gasteiger charge is -2.21. The van der Waals surface area contributed by atoms with E-state index >= 15 is 0 Å². The summed E-state index contributed by atoms with van der Waals surface area (Å²) in [6.45, 7) is 3.89. The van der Waals surface area contributed by atoms with Gasteiger partial charge in [0.2, 0.25) is 0 Å². The number of unbranched alkanes of at least 4 members (excludes halogenated alkanes) is 6. The van der Waals surface area contributed by atoms with Crippen molar-refractivity contribution in [3.05, 3.63) is 35.9 Å². The lowest BCUT2D eigenvalue weighted by Crippen LogP contribution is -2.38. The summed E-state index contributed by atoms with van der Waals surface area (Å²) < 4.78 is 5.29. The van der Waals surface area contributed by atoms with Crippen LogP contribution < -0.4 is 5.32 Å². The Bertz CT molecular complexity index is 547. The van der Waals surface area contributed by atoms with E-state index in [0.717, 1.165) is 24.8 Å². The van der Waals surface area contributed by atoms with Crippen molar-refractivity contribution in [2.45, 2.75) is 96.8 Å². The first kappa shape index (κ1) is 24.2. The maximum Gasteiger partial charge on any atom is 0.407 e. The van der Waals surface area contributed by atoms with Crippen LogP contribution in [0.1, 0.15) is 83.6 Å². The lowest BCUT2D eigenvalue weighted by molar-refractivity contribution is -0.118. The molecule has 1 aromatic rings. The predicted octanol–water partition coefficient (Wildman–Crippen LogP) is 5.15. The van der Waals surface area contributed by atoms with E-state index in [1.165, 1.54) is 39.0 Å². The zero-order valence-electron chi connectivity index (χ0n) is 17.5. The van der Waals surface area contributed by atoms with Crippen LogP contribution in [0.4, 0.5) is 4.79 Å². The molecule has 2 atom stereocenters. The van der Waals surface area contributed by atoms with Crippen molar-refractivity contribution in [1.82, 2.24) is 5.32 Å². The molecular weight excluding hydrogens is 354 g/mol. The fourth-order valence-electron chi connectivity index (χ4n) is 3.27. The summed E-state index contributed by atoms with van der Waals surface area (Å²) in [5.41, 5.74) is 0.929. The van der Waals surface area contributed by atoms with Crippen LogP contribution >= 0.6 is 0 Å². The molecule has 0 aromatic heterocycles. The number of ether oxygens (including phenoxy) is 1. The monoisotopic (exact) mass is 391 g/mol. The summed E-state index contributed by atoms with van der Waals surface area (Å²) in [4.78, 5) is 23.4. The number of Topliss-reactive ketones (excluding diaryl/α,β-unsaturated/α-hetero) is 1. The lowest BCUT2D eigenvalue weighted by atomic mass is 9.99. The van der Waals surface area contributed by atoms with Gasteiger partial charge in [0.05, 0.1) is 6.10 Å². The third kappa shape index (κ3) is 12.5. The molecule has 1 aromatic carbocycles. The van der Waals surface area contributed by atoms with Gasteiger partial charge < -0.3 is 15.2 Å². The molecule has 0 heterocycles. The molecule has 1 amide bonds. The number of nitrogens with one attached hydrogen (secondary N) is 1. The number of amides is 1. The maximum absolute atomic E-state index is 12.2. The van der Waals surface area contributed by atoms with Gasteiger partial charge in [-0.25, -0.2) is 4.79 Å². The Morgan fingerprint density at radius 2 is 1.68 bits per heavy atom. The average molecular weight is 392 g/mol. The maximum atomic E-state index is 12.2. The minimum absolute atomic E-state index is 0.0474. The average Bonchev–Trinajstić information content (AvgIpc) is 2.65. The minimum Gasteiger partial charge on any atom is -0.445 e. The highest BCUT2D eigenvalue weighted by Crippen LogP contribution is 2.14. The second-order valence-electron chi connectivity index (χ2n) is 7.61. The number of hydrogen-bond donors (Lipinski definition) is 2. The summed E-state index contributed by atoms with van der Waals surface area (Å²) in [6.07, 6.45) is 8.41. The minimum atomic E-state index is -0.735. The van der Waals surface area contributed by atoms with E-state index in [0.29, 0.717) is 6.42 Å². The third-order valence-electron chi connectivity index (χ3n) is 4.77. The van der Waals surface area contributed by atoms with Gasteiger partial charge in [0.25, 0.3) is 0 Å². The van der Waals surface area contributed by atoms with Crippen LogP contribution in [-0.4, -0.2) is 29.1 Å². The fourth-order valence-corrected chi connectivity index (χ4v) is 3.27. The zero-order valence-corrected chi connectivity index (χ0v) is 17.5. The topological polar surface area (TPSA) is 75.6 Å². The first-order valence-corrected chi connectivity index (χ1v) is 10.7. The standard InChI is InChI=1S/C23H37NO4/c1-3-4-5-6-7-8-12-15-21(17-22(26)16-19(2)25)24-23(27)28-18-20-13-10-9-11-14-20/h9-11,13-14,21-22,26H,3-8,12,15-18H2,1-2H3,(H,24,27)/t21-,22+/m1/s1. The SMILES string of the molecule is CCCCCCCCC[C@H](C[C@@H](O)CC(C)=O)NC(=O)OCc1ccccc1. The summed E-state index contributed by atoms with van der Waals surface area (Å²) in [7, 11) is 0. The number of carbonyl (C=O) groups is 2. The quantitative estimate of drug-likeness (QED) is 0.405.